The van der Waals surface area contributed by atoms with Crippen molar-refractivity contribution in [1.82, 2.24) is 0 Å². The van der Waals surface area contributed by atoms with E-state index in [0.717, 1.165) is 0 Å². The van der Waals surface area contributed by atoms with Gasteiger partial charge < -0.3 is 14.6 Å². The van der Waals surface area contributed by atoms with Gasteiger partial charge in [-0.05, 0) is 42.3 Å². The summed E-state index contributed by atoms with van der Waals surface area (Å²) in [4.78, 5) is 11.7. The Hall–Kier alpha value is -3.60. The standard InChI is InChI=1S/C24H21FO4/c1-2-28-23-15-17(14-20(24(26)27)18-8-4-3-5-9-18)12-13-22(23)29-16-19-10-6-7-11-21(19)25/h3-15H,2,16H2,1H3,(H,26,27)/b20-14-. The second-order valence-corrected chi connectivity index (χ2v) is 6.25. The van der Waals surface area contributed by atoms with Crippen LogP contribution in [-0.2, 0) is 11.4 Å². The first-order valence-corrected chi connectivity index (χ1v) is 9.22. The van der Waals surface area contributed by atoms with Crippen LogP contribution in [0.25, 0.3) is 11.6 Å². The molecule has 0 saturated heterocycles. The maximum absolute atomic E-state index is 13.8. The van der Waals surface area contributed by atoms with Crippen molar-refractivity contribution in [3.8, 4) is 11.5 Å². The number of rotatable bonds is 8. The Kier molecular flexibility index (Phi) is 6.63. The van der Waals surface area contributed by atoms with Gasteiger partial charge in [0.1, 0.15) is 12.4 Å². The van der Waals surface area contributed by atoms with Crippen LogP contribution in [0, 0.1) is 5.82 Å². The van der Waals surface area contributed by atoms with Crippen LogP contribution in [0.3, 0.4) is 0 Å². The fourth-order valence-corrected chi connectivity index (χ4v) is 2.83. The molecule has 3 aromatic carbocycles. The molecule has 5 heteroatoms. The molecule has 0 amide bonds. The highest BCUT2D eigenvalue weighted by Crippen LogP contribution is 2.31. The van der Waals surface area contributed by atoms with Crippen LogP contribution in [0.2, 0.25) is 0 Å². The summed E-state index contributed by atoms with van der Waals surface area (Å²) in [6.07, 6.45) is 1.58. The zero-order valence-corrected chi connectivity index (χ0v) is 16.0. The van der Waals surface area contributed by atoms with E-state index in [0.29, 0.717) is 34.8 Å². The summed E-state index contributed by atoms with van der Waals surface area (Å²) in [6.45, 7) is 2.32. The molecule has 3 rings (SSSR count). The minimum absolute atomic E-state index is 0.0618. The molecular weight excluding hydrogens is 371 g/mol. The maximum Gasteiger partial charge on any atom is 0.336 e. The number of carbonyl (C=O) groups is 1. The number of halogens is 1. The smallest absolute Gasteiger partial charge is 0.336 e. The Morgan fingerprint density at radius 1 is 0.966 bits per heavy atom. The predicted molar refractivity (Wildman–Crippen MR) is 110 cm³/mol. The fourth-order valence-electron chi connectivity index (χ4n) is 2.83. The van der Waals surface area contributed by atoms with Crippen molar-refractivity contribution >= 4 is 17.6 Å². The van der Waals surface area contributed by atoms with Gasteiger partial charge in [0.2, 0.25) is 0 Å². The maximum atomic E-state index is 13.8. The highest BCUT2D eigenvalue weighted by molar-refractivity contribution is 6.20. The number of hydrogen-bond donors (Lipinski definition) is 1. The van der Waals surface area contributed by atoms with Crippen LogP contribution in [0.15, 0.2) is 72.8 Å². The molecule has 0 saturated carbocycles. The lowest BCUT2D eigenvalue weighted by molar-refractivity contribution is -0.130. The fraction of sp³-hybridized carbons (Fsp3) is 0.125. The number of ether oxygens (including phenoxy) is 2. The van der Waals surface area contributed by atoms with E-state index in [-0.39, 0.29) is 18.0 Å². The SMILES string of the molecule is CCOc1cc(/C=C(\C(=O)O)c2ccccc2)ccc1OCc1ccccc1F. The summed E-state index contributed by atoms with van der Waals surface area (Å²) < 4.78 is 25.2. The Morgan fingerprint density at radius 3 is 2.38 bits per heavy atom. The van der Waals surface area contributed by atoms with Crippen molar-refractivity contribution in [2.75, 3.05) is 6.61 Å². The molecule has 0 bridgehead atoms. The molecule has 0 heterocycles. The largest absolute Gasteiger partial charge is 0.490 e. The second kappa shape index (κ2) is 9.55. The number of hydrogen-bond acceptors (Lipinski definition) is 3. The molecule has 0 aromatic heterocycles. The molecule has 0 unspecified atom stereocenters. The van der Waals surface area contributed by atoms with Gasteiger partial charge >= 0.3 is 5.97 Å². The average molecular weight is 392 g/mol. The first-order chi connectivity index (χ1) is 14.1. The minimum atomic E-state index is -1.02. The van der Waals surface area contributed by atoms with Gasteiger partial charge in [-0.1, -0.05) is 54.6 Å². The van der Waals surface area contributed by atoms with Gasteiger partial charge in [0.15, 0.2) is 11.5 Å². The zero-order valence-electron chi connectivity index (χ0n) is 16.0. The third-order valence-electron chi connectivity index (χ3n) is 4.23. The van der Waals surface area contributed by atoms with Gasteiger partial charge in [0.25, 0.3) is 0 Å². The third-order valence-corrected chi connectivity index (χ3v) is 4.23. The normalized spacial score (nSPS) is 11.2. The van der Waals surface area contributed by atoms with Crippen molar-refractivity contribution in [2.24, 2.45) is 0 Å². The van der Waals surface area contributed by atoms with E-state index < -0.39 is 5.97 Å². The Balaban J connectivity index is 1.88. The summed E-state index contributed by atoms with van der Waals surface area (Å²) in [5.74, 6) is -0.424. The van der Waals surface area contributed by atoms with Crippen LogP contribution in [0.5, 0.6) is 11.5 Å². The molecule has 148 valence electrons. The lowest BCUT2D eigenvalue weighted by atomic mass is 10.0. The van der Waals surface area contributed by atoms with E-state index in [4.69, 9.17) is 9.47 Å². The van der Waals surface area contributed by atoms with E-state index in [1.807, 2.05) is 13.0 Å². The highest BCUT2D eigenvalue weighted by atomic mass is 19.1. The molecule has 0 fully saturated rings. The number of carboxylic acids is 1. The molecule has 3 aromatic rings. The lowest BCUT2D eigenvalue weighted by Crippen LogP contribution is -2.02. The molecule has 0 aliphatic carbocycles. The van der Waals surface area contributed by atoms with Crippen molar-refractivity contribution in [1.29, 1.82) is 0 Å². The van der Waals surface area contributed by atoms with Gasteiger partial charge in [-0.15, -0.1) is 0 Å². The summed E-state index contributed by atoms with van der Waals surface area (Å²) in [5, 5.41) is 9.59. The van der Waals surface area contributed by atoms with Crippen molar-refractivity contribution < 1.29 is 23.8 Å². The van der Waals surface area contributed by atoms with Crippen molar-refractivity contribution in [3.05, 3.63) is 95.3 Å². The van der Waals surface area contributed by atoms with Gasteiger partial charge in [0, 0.05) is 5.56 Å². The number of carboxylic acid groups (broad SMARTS) is 1. The van der Waals surface area contributed by atoms with E-state index in [1.165, 1.54) is 6.07 Å². The third kappa shape index (κ3) is 5.23. The van der Waals surface area contributed by atoms with Crippen molar-refractivity contribution in [3.63, 3.8) is 0 Å². The van der Waals surface area contributed by atoms with Crippen LogP contribution in [0.1, 0.15) is 23.6 Å². The summed E-state index contributed by atoms with van der Waals surface area (Å²) in [6, 6.07) is 20.5. The van der Waals surface area contributed by atoms with E-state index >= 15 is 0 Å². The monoisotopic (exact) mass is 392 g/mol. The lowest BCUT2D eigenvalue weighted by Gasteiger charge is -2.13. The predicted octanol–water partition coefficient (Wildman–Crippen LogP) is 5.43. The van der Waals surface area contributed by atoms with E-state index in [1.54, 1.807) is 66.7 Å². The molecule has 0 aliphatic rings. The van der Waals surface area contributed by atoms with Gasteiger partial charge in [0.05, 0.1) is 12.2 Å². The number of aliphatic carboxylic acids is 1. The topological polar surface area (TPSA) is 55.8 Å². The zero-order chi connectivity index (χ0) is 20.6. The first-order valence-electron chi connectivity index (χ1n) is 9.22. The van der Waals surface area contributed by atoms with E-state index in [9.17, 15) is 14.3 Å². The number of benzene rings is 3. The molecular formula is C24H21FO4. The molecule has 0 atom stereocenters. The van der Waals surface area contributed by atoms with Crippen LogP contribution < -0.4 is 9.47 Å². The molecule has 1 N–H and O–H groups in total. The van der Waals surface area contributed by atoms with Crippen LogP contribution in [0.4, 0.5) is 4.39 Å². The molecule has 4 nitrogen and oxygen atoms in total. The second-order valence-electron chi connectivity index (χ2n) is 6.25. The van der Waals surface area contributed by atoms with Crippen molar-refractivity contribution in [2.45, 2.75) is 13.5 Å². The molecule has 0 radical (unpaired) electrons. The quantitative estimate of drug-likeness (QED) is 0.410. The summed E-state index contributed by atoms with van der Waals surface area (Å²) in [5.41, 5.74) is 1.88. The van der Waals surface area contributed by atoms with Gasteiger partial charge in [-0.2, -0.15) is 0 Å². The highest BCUT2D eigenvalue weighted by Gasteiger charge is 2.12. The first kappa shape index (κ1) is 20.1. The van der Waals surface area contributed by atoms with Crippen LogP contribution in [-0.4, -0.2) is 17.7 Å². The average Bonchev–Trinajstić information content (AvgIpc) is 2.73. The molecule has 0 aliphatic heterocycles. The Morgan fingerprint density at radius 2 is 1.69 bits per heavy atom. The van der Waals surface area contributed by atoms with Gasteiger partial charge in [-0.25, -0.2) is 9.18 Å². The summed E-state index contributed by atoms with van der Waals surface area (Å²) in [7, 11) is 0. The van der Waals surface area contributed by atoms with Gasteiger partial charge in [-0.3, -0.25) is 0 Å². The summed E-state index contributed by atoms with van der Waals surface area (Å²) >= 11 is 0. The molecule has 29 heavy (non-hydrogen) atoms. The minimum Gasteiger partial charge on any atom is -0.490 e. The Labute approximate surface area is 168 Å². The van der Waals surface area contributed by atoms with Crippen LogP contribution >= 0.6 is 0 Å². The molecule has 0 spiro atoms. The Bertz CT molecular complexity index is 1010. The van der Waals surface area contributed by atoms with E-state index in [2.05, 4.69) is 0 Å².